The van der Waals surface area contributed by atoms with Crippen molar-refractivity contribution in [1.29, 1.82) is 5.26 Å². The third kappa shape index (κ3) is 2.66. The van der Waals surface area contributed by atoms with Gasteiger partial charge in [-0.25, -0.2) is 0 Å². The van der Waals surface area contributed by atoms with Crippen molar-refractivity contribution in [3.05, 3.63) is 23.3 Å². The van der Waals surface area contributed by atoms with E-state index in [4.69, 9.17) is 10.00 Å². The van der Waals surface area contributed by atoms with Crippen molar-refractivity contribution in [1.82, 2.24) is 0 Å². The van der Waals surface area contributed by atoms with Crippen molar-refractivity contribution >= 4 is 0 Å². The molecule has 5 unspecified atom stereocenters. The molecule has 2 heteroatoms. The largest absolute Gasteiger partial charge is 0.370 e. The Bertz CT molecular complexity index is 604. The molecular weight excluding hydrogens is 294 g/mol. The predicted molar refractivity (Wildman–Crippen MR) is 94.1 cm³/mol. The zero-order valence-electron chi connectivity index (χ0n) is 14.6. The van der Waals surface area contributed by atoms with E-state index < -0.39 is 0 Å². The van der Waals surface area contributed by atoms with Crippen LogP contribution in [0.5, 0.6) is 0 Å². The zero-order chi connectivity index (χ0) is 16.1. The molecule has 128 valence electrons. The third-order valence-corrected chi connectivity index (χ3v) is 7.85. The molecule has 2 nitrogen and oxygen atoms in total. The summed E-state index contributed by atoms with van der Waals surface area (Å²) in [6.07, 6.45) is 18.7. The first-order valence-corrected chi connectivity index (χ1v) is 10.3. The minimum atomic E-state index is 0.250. The molecule has 1 saturated heterocycles. The fourth-order valence-electron chi connectivity index (χ4n) is 6.40. The van der Waals surface area contributed by atoms with Gasteiger partial charge in [-0.05, 0) is 99.9 Å². The highest BCUT2D eigenvalue weighted by Gasteiger charge is 2.48. The van der Waals surface area contributed by atoms with Crippen LogP contribution in [0.1, 0.15) is 64.2 Å². The van der Waals surface area contributed by atoms with Crippen LogP contribution in [0.3, 0.4) is 0 Å². The lowest BCUT2D eigenvalue weighted by molar-refractivity contribution is 0.00570. The molecule has 5 aliphatic rings. The normalized spacial score (nSPS) is 47.0. The first-order chi connectivity index (χ1) is 11.8. The van der Waals surface area contributed by atoms with Gasteiger partial charge in [-0.2, -0.15) is 5.26 Å². The Morgan fingerprint density at radius 2 is 1.75 bits per heavy atom. The lowest BCUT2D eigenvalue weighted by Crippen LogP contribution is -2.34. The second kappa shape index (κ2) is 6.03. The van der Waals surface area contributed by atoms with Gasteiger partial charge in [-0.3, -0.25) is 0 Å². The van der Waals surface area contributed by atoms with E-state index in [1.165, 1.54) is 57.8 Å². The maximum Gasteiger partial charge on any atom is 0.0944 e. The molecule has 0 aromatic heterocycles. The fraction of sp³-hybridized carbons (Fsp3) is 0.773. The summed E-state index contributed by atoms with van der Waals surface area (Å²) in [5.74, 6) is 4.27. The summed E-state index contributed by atoms with van der Waals surface area (Å²) in [4.78, 5) is 0. The molecule has 0 aromatic carbocycles. The second-order valence-corrected chi connectivity index (χ2v) is 8.98. The smallest absolute Gasteiger partial charge is 0.0944 e. The van der Waals surface area contributed by atoms with E-state index in [9.17, 15) is 0 Å². The molecule has 1 heterocycles. The van der Waals surface area contributed by atoms with Crippen LogP contribution in [0.25, 0.3) is 0 Å². The van der Waals surface area contributed by atoms with Crippen molar-refractivity contribution in [2.45, 2.75) is 76.4 Å². The molecule has 4 aliphatic carbocycles. The lowest BCUT2D eigenvalue weighted by Gasteiger charge is -2.39. The highest BCUT2D eigenvalue weighted by molar-refractivity contribution is 5.27. The number of nitrogens with zero attached hydrogens (tertiary/aromatic N) is 1. The highest BCUT2D eigenvalue weighted by Crippen LogP contribution is 2.51. The highest BCUT2D eigenvalue weighted by atomic mass is 16.5. The Hall–Kier alpha value is -1.07. The summed E-state index contributed by atoms with van der Waals surface area (Å²) in [6, 6.07) is 2.35. The van der Waals surface area contributed by atoms with Gasteiger partial charge in [0.15, 0.2) is 0 Å². The molecule has 0 bridgehead atoms. The van der Waals surface area contributed by atoms with E-state index in [1.54, 1.807) is 5.57 Å². The minimum Gasteiger partial charge on any atom is -0.370 e. The Morgan fingerprint density at radius 1 is 0.958 bits per heavy atom. The SMILES string of the molecule is N#CC1=CC2OC3CC(C4CCC(C5=CC5)CC4)CCC3C2CC1. The van der Waals surface area contributed by atoms with Crippen LogP contribution >= 0.6 is 0 Å². The van der Waals surface area contributed by atoms with Crippen LogP contribution in [-0.2, 0) is 4.74 Å². The molecule has 5 rings (SSSR count). The van der Waals surface area contributed by atoms with Crippen molar-refractivity contribution in [2.75, 3.05) is 0 Å². The number of hydrogen-bond acceptors (Lipinski definition) is 2. The van der Waals surface area contributed by atoms with E-state index in [-0.39, 0.29) is 6.10 Å². The molecule has 3 fully saturated rings. The number of hydrogen-bond donors (Lipinski definition) is 0. The van der Waals surface area contributed by atoms with Gasteiger partial charge in [0.25, 0.3) is 0 Å². The van der Waals surface area contributed by atoms with Crippen LogP contribution in [0.15, 0.2) is 23.3 Å². The van der Waals surface area contributed by atoms with Crippen molar-refractivity contribution in [2.24, 2.45) is 29.6 Å². The van der Waals surface area contributed by atoms with Gasteiger partial charge in [0, 0.05) is 5.57 Å². The molecule has 0 N–H and O–H groups in total. The van der Waals surface area contributed by atoms with E-state index in [2.05, 4.69) is 18.2 Å². The molecular formula is C22H29NO. The Labute approximate surface area is 146 Å². The number of rotatable bonds is 2. The third-order valence-electron chi connectivity index (χ3n) is 7.85. The standard InChI is InChI=1S/C22H29NO/c23-13-14-1-9-19-20-10-8-18(12-22(20)24-21(19)11-14)17-6-4-16(5-7-17)15-2-3-15/h2,11,16-22H,1,3-10,12H2. The van der Waals surface area contributed by atoms with Gasteiger partial charge in [-0.1, -0.05) is 11.6 Å². The van der Waals surface area contributed by atoms with E-state index >= 15 is 0 Å². The van der Waals surface area contributed by atoms with Crippen LogP contribution in [0, 0.1) is 40.9 Å². The van der Waals surface area contributed by atoms with Crippen LogP contribution in [0.4, 0.5) is 0 Å². The molecule has 0 radical (unpaired) electrons. The maximum absolute atomic E-state index is 9.17. The topological polar surface area (TPSA) is 33.0 Å². The van der Waals surface area contributed by atoms with Crippen molar-refractivity contribution in [3.63, 3.8) is 0 Å². The summed E-state index contributed by atoms with van der Waals surface area (Å²) < 4.78 is 6.46. The predicted octanol–water partition coefficient (Wildman–Crippen LogP) is 5.17. The molecule has 2 saturated carbocycles. The van der Waals surface area contributed by atoms with Crippen molar-refractivity contribution in [3.8, 4) is 6.07 Å². The summed E-state index contributed by atoms with van der Waals surface area (Å²) in [5.41, 5.74) is 2.72. The van der Waals surface area contributed by atoms with Gasteiger partial charge in [-0.15, -0.1) is 0 Å². The van der Waals surface area contributed by atoms with Gasteiger partial charge in [0.05, 0.1) is 18.3 Å². The van der Waals surface area contributed by atoms with Gasteiger partial charge in [0.2, 0.25) is 0 Å². The Balaban J connectivity index is 1.21. The number of ether oxygens (including phenoxy) is 1. The van der Waals surface area contributed by atoms with Crippen LogP contribution < -0.4 is 0 Å². The molecule has 5 atom stereocenters. The van der Waals surface area contributed by atoms with Crippen LogP contribution in [0.2, 0.25) is 0 Å². The zero-order valence-corrected chi connectivity index (χ0v) is 14.6. The maximum atomic E-state index is 9.17. The first-order valence-electron chi connectivity index (χ1n) is 10.3. The van der Waals surface area contributed by atoms with Gasteiger partial charge < -0.3 is 4.74 Å². The van der Waals surface area contributed by atoms with Crippen molar-refractivity contribution < 1.29 is 4.74 Å². The van der Waals surface area contributed by atoms with E-state index in [0.717, 1.165) is 35.7 Å². The summed E-state index contributed by atoms with van der Waals surface area (Å²) in [5, 5.41) is 9.17. The second-order valence-electron chi connectivity index (χ2n) is 8.98. The number of nitriles is 1. The lowest BCUT2D eigenvalue weighted by atomic mass is 9.65. The van der Waals surface area contributed by atoms with E-state index in [0.29, 0.717) is 12.0 Å². The Morgan fingerprint density at radius 3 is 2.50 bits per heavy atom. The molecule has 24 heavy (non-hydrogen) atoms. The molecule has 0 aromatic rings. The minimum absolute atomic E-state index is 0.250. The molecule has 0 amide bonds. The van der Waals surface area contributed by atoms with Crippen LogP contribution in [-0.4, -0.2) is 12.2 Å². The molecule has 1 aliphatic heterocycles. The summed E-state index contributed by atoms with van der Waals surface area (Å²) >= 11 is 0. The quantitative estimate of drug-likeness (QED) is 0.657. The number of allylic oxidation sites excluding steroid dienone is 3. The fourth-order valence-corrected chi connectivity index (χ4v) is 6.40. The Kier molecular flexibility index (Phi) is 3.82. The van der Waals surface area contributed by atoms with E-state index in [1.807, 2.05) is 0 Å². The summed E-state index contributed by atoms with van der Waals surface area (Å²) in [7, 11) is 0. The monoisotopic (exact) mass is 323 g/mol. The molecule has 0 spiro atoms. The number of fused-ring (bicyclic) bond motifs is 3. The average Bonchev–Trinajstić information content (AvgIpc) is 3.42. The van der Waals surface area contributed by atoms with Gasteiger partial charge in [0.1, 0.15) is 0 Å². The first kappa shape index (κ1) is 15.2. The van der Waals surface area contributed by atoms with Gasteiger partial charge >= 0.3 is 0 Å². The average molecular weight is 323 g/mol. The summed E-state index contributed by atoms with van der Waals surface area (Å²) in [6.45, 7) is 0.